The fourth-order valence-corrected chi connectivity index (χ4v) is 3.35. The molecule has 7 heteroatoms. The van der Waals surface area contributed by atoms with Crippen molar-refractivity contribution in [3.8, 4) is 22.1 Å². The highest BCUT2D eigenvalue weighted by Crippen LogP contribution is 2.29. The zero-order valence-corrected chi connectivity index (χ0v) is 16.2. The van der Waals surface area contributed by atoms with Crippen molar-refractivity contribution in [2.45, 2.75) is 13.0 Å². The van der Waals surface area contributed by atoms with Crippen LogP contribution in [0.2, 0.25) is 0 Å². The van der Waals surface area contributed by atoms with Gasteiger partial charge in [0.25, 0.3) is 0 Å². The van der Waals surface area contributed by atoms with Gasteiger partial charge in [-0.05, 0) is 31.2 Å². The molecule has 27 heavy (non-hydrogen) atoms. The quantitative estimate of drug-likeness (QED) is 0.647. The summed E-state index contributed by atoms with van der Waals surface area (Å²) < 4.78 is 10.6. The third-order valence-corrected chi connectivity index (χ3v) is 4.88. The van der Waals surface area contributed by atoms with E-state index < -0.39 is 0 Å². The largest absolute Gasteiger partial charge is 0.497 e. The molecular formula is C20H21N3O3S. The fraction of sp³-hybridized carbons (Fsp3) is 0.200. The van der Waals surface area contributed by atoms with E-state index >= 15 is 0 Å². The molecule has 2 amide bonds. The number of anilines is 1. The number of hydrogen-bond donors (Lipinski definition) is 2. The number of thiazole rings is 1. The number of methoxy groups -OCH3 is 2. The molecule has 6 nitrogen and oxygen atoms in total. The van der Waals surface area contributed by atoms with Gasteiger partial charge < -0.3 is 20.1 Å². The molecule has 0 aliphatic carbocycles. The van der Waals surface area contributed by atoms with Crippen LogP contribution in [0.25, 0.3) is 10.6 Å². The molecule has 0 saturated heterocycles. The van der Waals surface area contributed by atoms with Crippen molar-refractivity contribution in [3.05, 3.63) is 59.6 Å². The van der Waals surface area contributed by atoms with Gasteiger partial charge in [-0.2, -0.15) is 0 Å². The lowest BCUT2D eigenvalue weighted by molar-refractivity contribution is 0.249. The summed E-state index contributed by atoms with van der Waals surface area (Å²) in [5, 5.41) is 8.63. The Bertz CT molecular complexity index is 913. The first-order valence-electron chi connectivity index (χ1n) is 8.40. The Labute approximate surface area is 162 Å². The summed E-state index contributed by atoms with van der Waals surface area (Å²) in [5.74, 6) is 1.36. The standard InChI is InChI=1S/C20H21N3O3S/c1-13(17-8-7-16(25-2)12-18(17)26-3)22-20(24)23-15-6-4-5-14(11-15)19-21-9-10-27-19/h4-13H,1-3H3,(H2,22,23,24)/t13-/m1/s1. The van der Waals surface area contributed by atoms with Crippen LogP contribution in [-0.4, -0.2) is 25.2 Å². The minimum Gasteiger partial charge on any atom is -0.497 e. The van der Waals surface area contributed by atoms with E-state index in [-0.39, 0.29) is 12.1 Å². The number of nitrogens with zero attached hydrogens (tertiary/aromatic N) is 1. The number of nitrogens with one attached hydrogen (secondary N) is 2. The number of hydrogen-bond acceptors (Lipinski definition) is 5. The summed E-state index contributed by atoms with van der Waals surface area (Å²) in [6.45, 7) is 1.90. The van der Waals surface area contributed by atoms with Gasteiger partial charge in [-0.15, -0.1) is 11.3 Å². The Kier molecular flexibility index (Phi) is 5.93. The van der Waals surface area contributed by atoms with E-state index in [2.05, 4.69) is 15.6 Å². The number of aromatic nitrogens is 1. The summed E-state index contributed by atoms with van der Waals surface area (Å²) in [6, 6.07) is 12.6. The van der Waals surface area contributed by atoms with E-state index in [1.807, 2.05) is 48.7 Å². The van der Waals surface area contributed by atoms with Gasteiger partial charge in [-0.25, -0.2) is 9.78 Å². The first kappa shape index (κ1) is 18.7. The molecule has 0 spiro atoms. The summed E-state index contributed by atoms with van der Waals surface area (Å²) >= 11 is 1.56. The Balaban J connectivity index is 1.68. The monoisotopic (exact) mass is 383 g/mol. The molecule has 2 N–H and O–H groups in total. The topological polar surface area (TPSA) is 72.5 Å². The van der Waals surface area contributed by atoms with Crippen LogP contribution < -0.4 is 20.1 Å². The van der Waals surface area contributed by atoms with Crippen molar-refractivity contribution < 1.29 is 14.3 Å². The second-order valence-corrected chi connectivity index (χ2v) is 6.74. The van der Waals surface area contributed by atoms with Crippen LogP contribution in [0.15, 0.2) is 54.0 Å². The van der Waals surface area contributed by atoms with Gasteiger partial charge in [-0.1, -0.05) is 12.1 Å². The van der Waals surface area contributed by atoms with E-state index in [1.165, 1.54) is 0 Å². The van der Waals surface area contributed by atoms with Crippen molar-refractivity contribution in [1.82, 2.24) is 10.3 Å². The van der Waals surface area contributed by atoms with Crippen molar-refractivity contribution in [1.29, 1.82) is 0 Å². The van der Waals surface area contributed by atoms with E-state index in [0.717, 1.165) is 16.1 Å². The Morgan fingerprint density at radius 3 is 2.70 bits per heavy atom. The smallest absolute Gasteiger partial charge is 0.319 e. The molecule has 0 aliphatic heterocycles. The predicted octanol–water partition coefficient (Wildman–Crippen LogP) is 4.71. The molecule has 0 aliphatic rings. The maximum atomic E-state index is 12.4. The van der Waals surface area contributed by atoms with Crippen LogP contribution >= 0.6 is 11.3 Å². The molecule has 140 valence electrons. The van der Waals surface area contributed by atoms with Gasteiger partial charge >= 0.3 is 6.03 Å². The van der Waals surface area contributed by atoms with E-state index in [4.69, 9.17) is 9.47 Å². The third-order valence-electron chi connectivity index (χ3n) is 4.05. The van der Waals surface area contributed by atoms with E-state index in [9.17, 15) is 4.79 Å². The normalized spacial score (nSPS) is 11.5. The minimum atomic E-state index is -0.295. The second kappa shape index (κ2) is 8.55. The molecule has 0 unspecified atom stereocenters. The fourth-order valence-electron chi connectivity index (χ4n) is 2.71. The highest BCUT2D eigenvalue weighted by Gasteiger charge is 2.15. The SMILES string of the molecule is COc1ccc([C@@H](C)NC(=O)Nc2cccc(-c3nccs3)c2)c(OC)c1. The summed E-state index contributed by atoms with van der Waals surface area (Å²) in [7, 11) is 3.19. The minimum absolute atomic E-state index is 0.243. The number of ether oxygens (including phenoxy) is 2. The molecular weight excluding hydrogens is 362 g/mol. The molecule has 1 heterocycles. The molecule has 0 fully saturated rings. The maximum Gasteiger partial charge on any atom is 0.319 e. The Morgan fingerprint density at radius 1 is 1.15 bits per heavy atom. The predicted molar refractivity (Wildman–Crippen MR) is 108 cm³/mol. The molecule has 0 bridgehead atoms. The van der Waals surface area contributed by atoms with Gasteiger partial charge in [-0.3, -0.25) is 0 Å². The van der Waals surface area contributed by atoms with Gasteiger partial charge in [0, 0.05) is 34.5 Å². The lowest BCUT2D eigenvalue weighted by Gasteiger charge is -2.18. The number of carbonyl (C=O) groups is 1. The molecule has 0 radical (unpaired) electrons. The summed E-state index contributed by atoms with van der Waals surface area (Å²) in [6.07, 6.45) is 1.76. The molecule has 1 aromatic heterocycles. The van der Waals surface area contributed by atoms with Crippen LogP contribution in [0.5, 0.6) is 11.5 Å². The molecule has 2 aromatic carbocycles. The number of carbonyl (C=O) groups excluding carboxylic acids is 1. The van der Waals surface area contributed by atoms with Gasteiger partial charge in [0.2, 0.25) is 0 Å². The van der Waals surface area contributed by atoms with Crippen molar-refractivity contribution in [2.24, 2.45) is 0 Å². The molecule has 0 saturated carbocycles. The van der Waals surface area contributed by atoms with Crippen LogP contribution in [0, 0.1) is 0 Å². The van der Waals surface area contributed by atoms with Crippen LogP contribution in [-0.2, 0) is 0 Å². The maximum absolute atomic E-state index is 12.4. The first-order chi connectivity index (χ1) is 13.1. The molecule has 3 aromatic rings. The average Bonchev–Trinajstić information content (AvgIpc) is 3.22. The average molecular weight is 383 g/mol. The van der Waals surface area contributed by atoms with Crippen molar-refractivity contribution >= 4 is 23.1 Å². The Hall–Kier alpha value is -3.06. The van der Waals surface area contributed by atoms with Crippen LogP contribution in [0.3, 0.4) is 0 Å². The molecule has 3 rings (SSSR count). The third kappa shape index (κ3) is 4.57. The summed E-state index contributed by atoms with van der Waals surface area (Å²) in [5.41, 5.74) is 2.53. The van der Waals surface area contributed by atoms with Gasteiger partial charge in [0.1, 0.15) is 16.5 Å². The van der Waals surface area contributed by atoms with E-state index in [1.54, 1.807) is 37.8 Å². The van der Waals surface area contributed by atoms with E-state index in [0.29, 0.717) is 17.2 Å². The van der Waals surface area contributed by atoms with Crippen molar-refractivity contribution in [2.75, 3.05) is 19.5 Å². The van der Waals surface area contributed by atoms with Crippen LogP contribution in [0.1, 0.15) is 18.5 Å². The number of amides is 2. The first-order valence-corrected chi connectivity index (χ1v) is 9.28. The van der Waals surface area contributed by atoms with Gasteiger partial charge in [0.15, 0.2) is 0 Å². The number of urea groups is 1. The number of rotatable bonds is 6. The highest BCUT2D eigenvalue weighted by molar-refractivity contribution is 7.13. The van der Waals surface area contributed by atoms with Gasteiger partial charge in [0.05, 0.1) is 20.3 Å². The number of benzene rings is 2. The molecule has 1 atom stereocenters. The highest BCUT2D eigenvalue weighted by atomic mass is 32.1. The lowest BCUT2D eigenvalue weighted by Crippen LogP contribution is -2.31. The van der Waals surface area contributed by atoms with Crippen molar-refractivity contribution in [3.63, 3.8) is 0 Å². The second-order valence-electron chi connectivity index (χ2n) is 5.85. The summed E-state index contributed by atoms with van der Waals surface area (Å²) in [4.78, 5) is 16.7. The zero-order valence-electron chi connectivity index (χ0n) is 15.4. The van der Waals surface area contributed by atoms with Crippen LogP contribution in [0.4, 0.5) is 10.5 Å². The zero-order chi connectivity index (χ0) is 19.2. The lowest BCUT2D eigenvalue weighted by atomic mass is 10.1. The Morgan fingerprint density at radius 2 is 2.00 bits per heavy atom.